The predicted octanol–water partition coefficient (Wildman–Crippen LogP) is 3.23. The molecule has 0 aliphatic carbocycles. The molecular formula is C16H18N2O5S. The normalized spacial score (nSPS) is 10.5. The Morgan fingerprint density at radius 3 is 2.46 bits per heavy atom. The van der Waals surface area contributed by atoms with Gasteiger partial charge in [-0.05, 0) is 12.1 Å². The Bertz CT molecular complexity index is 770. The van der Waals surface area contributed by atoms with Gasteiger partial charge in [0.1, 0.15) is 4.88 Å². The van der Waals surface area contributed by atoms with Crippen LogP contribution in [0.25, 0.3) is 0 Å². The number of nitrogens with zero attached hydrogens (tertiary/aromatic N) is 1. The number of nitrogens with one attached hydrogen (secondary N) is 1. The quantitative estimate of drug-likeness (QED) is 0.830. The van der Waals surface area contributed by atoms with E-state index in [1.165, 1.54) is 43.9 Å². The average Bonchev–Trinajstić information content (AvgIpc) is 3.04. The summed E-state index contributed by atoms with van der Waals surface area (Å²) in [6, 6.07) is 2.66. The van der Waals surface area contributed by atoms with Crippen LogP contribution in [0.3, 0.4) is 0 Å². The number of carbonyl (C=O) groups excluding carboxylic acids is 1. The van der Waals surface area contributed by atoms with Crippen LogP contribution in [0.2, 0.25) is 0 Å². The van der Waals surface area contributed by atoms with Gasteiger partial charge in [0, 0.05) is 5.92 Å². The molecule has 0 radical (unpaired) electrons. The van der Waals surface area contributed by atoms with Gasteiger partial charge in [0.2, 0.25) is 0 Å². The van der Waals surface area contributed by atoms with Crippen molar-refractivity contribution in [2.45, 2.75) is 19.8 Å². The largest absolute Gasteiger partial charge is 0.493 e. The number of aromatic nitrogens is 1. The zero-order valence-electron chi connectivity index (χ0n) is 13.7. The van der Waals surface area contributed by atoms with E-state index in [-0.39, 0.29) is 34.6 Å². The van der Waals surface area contributed by atoms with Crippen LogP contribution in [0, 0.1) is 0 Å². The Morgan fingerprint density at radius 1 is 1.25 bits per heavy atom. The standard InChI is InChI=1S/C16H18N2O5S/c1-8(2)15-17-7-12(24-15)14(19)18-10-5-9(16(20)21)6-11(22-3)13(10)23-4/h5-8H,1-4H3,(H,18,19)(H,20,21). The predicted molar refractivity (Wildman–Crippen MR) is 90.7 cm³/mol. The van der Waals surface area contributed by atoms with Crippen LogP contribution < -0.4 is 14.8 Å². The fourth-order valence-electron chi connectivity index (χ4n) is 2.02. The summed E-state index contributed by atoms with van der Waals surface area (Å²) in [6.45, 7) is 3.98. The minimum Gasteiger partial charge on any atom is -0.493 e. The third-order valence-corrected chi connectivity index (χ3v) is 4.51. The van der Waals surface area contributed by atoms with Gasteiger partial charge in [0.15, 0.2) is 11.5 Å². The second-order valence-corrected chi connectivity index (χ2v) is 6.30. The van der Waals surface area contributed by atoms with Crippen molar-refractivity contribution in [3.8, 4) is 11.5 Å². The molecule has 0 unspecified atom stereocenters. The summed E-state index contributed by atoms with van der Waals surface area (Å²) in [4.78, 5) is 28.3. The first-order chi connectivity index (χ1) is 11.4. The van der Waals surface area contributed by atoms with Crippen molar-refractivity contribution in [1.82, 2.24) is 4.98 Å². The molecule has 24 heavy (non-hydrogen) atoms. The van der Waals surface area contributed by atoms with Crippen LogP contribution in [0.4, 0.5) is 5.69 Å². The summed E-state index contributed by atoms with van der Waals surface area (Å²) in [5.41, 5.74) is 0.203. The molecule has 128 valence electrons. The van der Waals surface area contributed by atoms with Crippen LogP contribution in [0.1, 0.15) is 44.8 Å². The van der Waals surface area contributed by atoms with E-state index in [4.69, 9.17) is 9.47 Å². The lowest BCUT2D eigenvalue weighted by molar-refractivity contribution is 0.0696. The topological polar surface area (TPSA) is 97.8 Å². The molecule has 0 aliphatic heterocycles. The van der Waals surface area contributed by atoms with Crippen molar-refractivity contribution < 1.29 is 24.2 Å². The number of methoxy groups -OCH3 is 2. The van der Waals surface area contributed by atoms with Crippen molar-refractivity contribution in [2.75, 3.05) is 19.5 Å². The van der Waals surface area contributed by atoms with Gasteiger partial charge in [-0.1, -0.05) is 13.8 Å². The number of rotatable bonds is 6. The summed E-state index contributed by atoms with van der Waals surface area (Å²) < 4.78 is 10.4. The van der Waals surface area contributed by atoms with Gasteiger partial charge in [0.25, 0.3) is 5.91 Å². The second-order valence-electron chi connectivity index (χ2n) is 5.24. The highest BCUT2D eigenvalue weighted by Gasteiger charge is 2.19. The minimum atomic E-state index is -1.13. The Labute approximate surface area is 143 Å². The van der Waals surface area contributed by atoms with E-state index < -0.39 is 5.97 Å². The number of amides is 1. The van der Waals surface area contributed by atoms with Crippen molar-refractivity contribution in [3.05, 3.63) is 33.8 Å². The molecule has 0 spiro atoms. The minimum absolute atomic E-state index is 0.0184. The fraction of sp³-hybridized carbons (Fsp3) is 0.312. The molecule has 1 aromatic carbocycles. The van der Waals surface area contributed by atoms with Crippen molar-refractivity contribution in [2.24, 2.45) is 0 Å². The van der Waals surface area contributed by atoms with Crippen LogP contribution >= 0.6 is 11.3 Å². The van der Waals surface area contributed by atoms with E-state index in [1.54, 1.807) is 0 Å². The smallest absolute Gasteiger partial charge is 0.335 e. The number of aromatic carboxylic acids is 1. The zero-order valence-corrected chi connectivity index (χ0v) is 14.6. The molecule has 7 nitrogen and oxygen atoms in total. The molecule has 0 bridgehead atoms. The number of carboxylic acid groups (broad SMARTS) is 1. The molecule has 1 aromatic heterocycles. The Balaban J connectivity index is 2.37. The Morgan fingerprint density at radius 2 is 1.96 bits per heavy atom. The van der Waals surface area contributed by atoms with Gasteiger partial charge in [-0.3, -0.25) is 4.79 Å². The van der Waals surface area contributed by atoms with E-state index in [2.05, 4.69) is 10.3 Å². The lowest BCUT2D eigenvalue weighted by atomic mass is 10.1. The number of benzene rings is 1. The molecule has 2 rings (SSSR count). The maximum absolute atomic E-state index is 12.4. The molecule has 1 amide bonds. The molecular weight excluding hydrogens is 332 g/mol. The first-order valence-electron chi connectivity index (χ1n) is 7.13. The van der Waals surface area contributed by atoms with Gasteiger partial charge in [-0.15, -0.1) is 11.3 Å². The highest BCUT2D eigenvalue weighted by atomic mass is 32.1. The maximum Gasteiger partial charge on any atom is 0.335 e. The third kappa shape index (κ3) is 3.65. The monoisotopic (exact) mass is 350 g/mol. The van der Waals surface area contributed by atoms with Crippen molar-refractivity contribution in [3.63, 3.8) is 0 Å². The molecule has 0 atom stereocenters. The van der Waals surface area contributed by atoms with E-state index in [9.17, 15) is 14.7 Å². The number of carboxylic acids is 1. The average molecular weight is 350 g/mol. The number of hydrogen-bond donors (Lipinski definition) is 2. The highest BCUT2D eigenvalue weighted by Crippen LogP contribution is 2.37. The second kappa shape index (κ2) is 7.31. The molecule has 0 saturated heterocycles. The molecule has 1 heterocycles. The Hall–Kier alpha value is -2.61. The fourth-order valence-corrected chi connectivity index (χ4v) is 2.84. The van der Waals surface area contributed by atoms with Gasteiger partial charge in [-0.2, -0.15) is 0 Å². The highest BCUT2D eigenvalue weighted by molar-refractivity contribution is 7.13. The van der Waals surface area contributed by atoms with Crippen LogP contribution in [0.5, 0.6) is 11.5 Å². The number of carbonyl (C=O) groups is 2. The first-order valence-corrected chi connectivity index (χ1v) is 7.95. The van der Waals surface area contributed by atoms with E-state index >= 15 is 0 Å². The number of anilines is 1. The van der Waals surface area contributed by atoms with Gasteiger partial charge < -0.3 is 19.9 Å². The lowest BCUT2D eigenvalue weighted by Gasteiger charge is -2.14. The zero-order chi connectivity index (χ0) is 17.9. The van der Waals surface area contributed by atoms with Crippen LogP contribution in [-0.2, 0) is 0 Å². The summed E-state index contributed by atoms with van der Waals surface area (Å²) in [5.74, 6) is -0.820. The van der Waals surface area contributed by atoms with Crippen molar-refractivity contribution >= 4 is 28.9 Å². The number of hydrogen-bond acceptors (Lipinski definition) is 6. The molecule has 0 fully saturated rings. The third-order valence-electron chi connectivity index (χ3n) is 3.22. The van der Waals surface area contributed by atoms with Gasteiger partial charge in [-0.25, -0.2) is 9.78 Å². The SMILES string of the molecule is COc1cc(C(=O)O)cc(NC(=O)c2cnc(C(C)C)s2)c1OC. The van der Waals surface area contributed by atoms with Gasteiger partial charge in [0.05, 0.1) is 36.7 Å². The van der Waals surface area contributed by atoms with E-state index in [0.29, 0.717) is 4.88 Å². The lowest BCUT2D eigenvalue weighted by Crippen LogP contribution is -2.12. The molecule has 2 aromatic rings. The van der Waals surface area contributed by atoms with E-state index in [0.717, 1.165) is 5.01 Å². The number of thiazole rings is 1. The van der Waals surface area contributed by atoms with Crippen LogP contribution in [0.15, 0.2) is 18.3 Å². The molecule has 0 aliphatic rings. The maximum atomic E-state index is 12.4. The summed E-state index contributed by atoms with van der Waals surface area (Å²) in [5, 5.41) is 12.7. The van der Waals surface area contributed by atoms with E-state index in [1.807, 2.05) is 13.8 Å². The molecule has 0 saturated carbocycles. The summed E-state index contributed by atoms with van der Waals surface area (Å²) in [7, 11) is 2.81. The first kappa shape index (κ1) is 17.7. The molecule has 8 heteroatoms. The summed E-state index contributed by atoms with van der Waals surface area (Å²) in [6.07, 6.45) is 1.50. The Kier molecular flexibility index (Phi) is 5.40. The van der Waals surface area contributed by atoms with Crippen LogP contribution in [-0.4, -0.2) is 36.2 Å². The number of ether oxygens (including phenoxy) is 2. The molecule has 2 N–H and O–H groups in total. The van der Waals surface area contributed by atoms with Crippen molar-refractivity contribution in [1.29, 1.82) is 0 Å². The summed E-state index contributed by atoms with van der Waals surface area (Å²) >= 11 is 1.29. The van der Waals surface area contributed by atoms with Gasteiger partial charge >= 0.3 is 5.97 Å².